The van der Waals surface area contributed by atoms with Crippen LogP contribution in [0.5, 0.6) is 10.9 Å². The van der Waals surface area contributed by atoms with Gasteiger partial charge >= 0.3 is 0 Å². The molecule has 0 saturated heterocycles. The fraction of sp³-hybridized carbons (Fsp3) is 0.129. The van der Waals surface area contributed by atoms with Crippen LogP contribution in [0.15, 0.2) is 96.2 Å². The molecule has 0 saturated carbocycles. The van der Waals surface area contributed by atoms with Crippen LogP contribution < -0.4 is 14.8 Å². The minimum Gasteiger partial charge on any atom is -0.496 e. The lowest BCUT2D eigenvalue weighted by Gasteiger charge is -2.13. The molecule has 0 aliphatic rings. The molecule has 0 aliphatic carbocycles. The van der Waals surface area contributed by atoms with Crippen LogP contribution in [-0.2, 0) is 24.0 Å². The lowest BCUT2D eigenvalue weighted by atomic mass is 10.0. The fourth-order valence-corrected chi connectivity index (χ4v) is 6.12. The monoisotopic (exact) mass is 610 g/mol. The molecule has 0 fully saturated rings. The molecule has 0 aliphatic heterocycles. The maximum absolute atomic E-state index is 13.8. The number of para-hydroxylation sites is 1. The number of pyridine rings is 2. The van der Waals surface area contributed by atoms with Crippen molar-refractivity contribution >= 4 is 44.4 Å². The number of fused-ring (bicyclic) bond motifs is 1. The summed E-state index contributed by atoms with van der Waals surface area (Å²) >= 11 is 1.10. The number of nitrogens with zero attached hydrogens (tertiary/aromatic N) is 5. The number of amides is 1. The molecule has 1 amide bonds. The highest BCUT2D eigenvalue weighted by Gasteiger charge is 2.22. The summed E-state index contributed by atoms with van der Waals surface area (Å²) in [7, 11) is 0.0171. The molecule has 6 aromatic rings. The van der Waals surface area contributed by atoms with Crippen LogP contribution in [0.2, 0.25) is 0 Å². The molecule has 6 rings (SSSR count). The Bertz CT molecular complexity index is 1920. The van der Waals surface area contributed by atoms with E-state index in [-0.39, 0.29) is 17.3 Å². The van der Waals surface area contributed by atoms with E-state index in [1.54, 1.807) is 47.6 Å². The average molecular weight is 611 g/mol. The minimum atomic E-state index is -1.55. The Morgan fingerprint density at radius 2 is 1.84 bits per heavy atom. The first-order valence-electron chi connectivity index (χ1n) is 13.4. The second kappa shape index (κ2) is 12.5. The second-order valence-electron chi connectivity index (χ2n) is 9.32. The number of benzene rings is 2. The van der Waals surface area contributed by atoms with E-state index in [9.17, 15) is 9.00 Å². The summed E-state index contributed by atoms with van der Waals surface area (Å²) in [6.07, 6.45) is 4.43. The van der Waals surface area contributed by atoms with Crippen molar-refractivity contribution in [3.8, 4) is 22.2 Å². The smallest absolute Gasteiger partial charge is 0.296 e. The van der Waals surface area contributed by atoms with E-state index >= 15 is 0 Å². The predicted octanol–water partition coefficient (Wildman–Crippen LogP) is 5.92. The quantitative estimate of drug-likeness (QED) is 0.203. The minimum absolute atomic E-state index is 0.223. The number of nitrogens with one attached hydrogen (secondary N) is 1. The Labute approximate surface area is 254 Å². The van der Waals surface area contributed by atoms with Gasteiger partial charge in [0, 0.05) is 18.0 Å². The van der Waals surface area contributed by atoms with Crippen LogP contribution >= 0.6 is 11.3 Å². The molecule has 4 aromatic heterocycles. The summed E-state index contributed by atoms with van der Waals surface area (Å²) in [4.78, 5) is 23.6. The molecule has 1 atom stereocenters. The highest BCUT2D eigenvalue weighted by molar-refractivity contribution is 7.83. The first kappa shape index (κ1) is 28.2. The van der Waals surface area contributed by atoms with Crippen molar-refractivity contribution in [3.05, 3.63) is 108 Å². The Morgan fingerprint density at radius 3 is 2.60 bits per heavy atom. The molecule has 2 aromatic carbocycles. The van der Waals surface area contributed by atoms with Gasteiger partial charge in [-0.05, 0) is 65.8 Å². The topological polar surface area (TPSA) is 121 Å². The third-order valence-corrected chi connectivity index (χ3v) is 8.73. The number of hydrogen-bond donors (Lipinski definition) is 1. The van der Waals surface area contributed by atoms with Crippen molar-refractivity contribution in [2.75, 3.05) is 12.4 Å². The average Bonchev–Trinajstić information content (AvgIpc) is 3.69. The molecule has 12 heteroatoms. The van der Waals surface area contributed by atoms with Crippen LogP contribution in [0.1, 0.15) is 28.5 Å². The second-order valence-corrected chi connectivity index (χ2v) is 11.6. The number of methoxy groups -OCH3 is 1. The number of ether oxygens (including phenoxy) is 2. The predicted molar refractivity (Wildman–Crippen MR) is 166 cm³/mol. The highest BCUT2D eigenvalue weighted by Crippen LogP contribution is 2.34. The number of aromatic nitrogens is 5. The van der Waals surface area contributed by atoms with Crippen molar-refractivity contribution < 1.29 is 18.5 Å². The van der Waals surface area contributed by atoms with Crippen molar-refractivity contribution in [1.29, 1.82) is 0 Å². The van der Waals surface area contributed by atoms with Gasteiger partial charge in [-0.1, -0.05) is 48.4 Å². The summed E-state index contributed by atoms with van der Waals surface area (Å²) in [6, 6.07) is 23.8. The summed E-state index contributed by atoms with van der Waals surface area (Å²) in [5.74, 6) is 0.0935. The van der Waals surface area contributed by atoms with Gasteiger partial charge in [-0.2, -0.15) is 0 Å². The van der Waals surface area contributed by atoms with E-state index in [4.69, 9.17) is 14.5 Å². The van der Waals surface area contributed by atoms with E-state index in [0.717, 1.165) is 29.0 Å². The Balaban J connectivity index is 1.32. The third kappa shape index (κ3) is 6.01. The number of anilines is 1. The first-order valence-corrected chi connectivity index (χ1v) is 15.3. The third-order valence-electron chi connectivity index (χ3n) is 6.63. The molecule has 1 N–H and O–H groups in total. The van der Waals surface area contributed by atoms with Gasteiger partial charge in [-0.3, -0.25) is 19.1 Å². The van der Waals surface area contributed by atoms with E-state index in [0.29, 0.717) is 38.1 Å². The summed E-state index contributed by atoms with van der Waals surface area (Å²) < 4.78 is 26.4. The van der Waals surface area contributed by atoms with Gasteiger partial charge in [0.25, 0.3) is 11.1 Å². The molecular formula is C31H26N6O4S2. The van der Waals surface area contributed by atoms with E-state index in [1.165, 1.54) is 0 Å². The van der Waals surface area contributed by atoms with Gasteiger partial charge in [0.15, 0.2) is 11.0 Å². The Hall–Kier alpha value is -4.94. The number of rotatable bonds is 10. The van der Waals surface area contributed by atoms with Crippen molar-refractivity contribution in [2.45, 2.75) is 24.8 Å². The summed E-state index contributed by atoms with van der Waals surface area (Å²) in [5.41, 5.74) is 4.31. The maximum Gasteiger partial charge on any atom is 0.296 e. The van der Waals surface area contributed by atoms with Gasteiger partial charge < -0.3 is 9.47 Å². The van der Waals surface area contributed by atoms with Crippen LogP contribution in [0.25, 0.3) is 22.3 Å². The maximum atomic E-state index is 13.8. The number of aryl methyl sites for hydroxylation is 1. The summed E-state index contributed by atoms with van der Waals surface area (Å²) in [5, 5.41) is 11.5. The molecule has 216 valence electrons. The fourth-order valence-electron chi connectivity index (χ4n) is 4.42. The lowest BCUT2D eigenvalue weighted by Crippen LogP contribution is -2.15. The van der Waals surface area contributed by atoms with Gasteiger partial charge in [0.2, 0.25) is 5.13 Å². The zero-order chi connectivity index (χ0) is 29.8. The highest BCUT2D eigenvalue weighted by atomic mass is 32.2. The number of carbonyl (C=O) groups is 1. The molecule has 0 bridgehead atoms. The van der Waals surface area contributed by atoms with Crippen LogP contribution in [0, 0.1) is 0 Å². The SMILES string of the molecule is CCc1ccc(COc2nnc(NC(=O)c3cc4c(ccn4S(=O)c4ccccc4)nc3-c3ccccc3OC)s2)nc1. The van der Waals surface area contributed by atoms with Gasteiger partial charge in [-0.25, -0.2) is 9.19 Å². The standard InChI is InChI=1S/C31H26N6O4S2/c1-3-20-13-14-21(32-18-20)19-41-31-36-35-30(42-31)34-29(38)24-17-26-25(33-28(24)23-11-7-8-12-27(23)40-2)15-16-37(26)43(39)22-9-5-4-6-10-22/h4-18H,3,19H2,1-2H3,(H,34,35,38). The molecule has 4 heterocycles. The largest absolute Gasteiger partial charge is 0.496 e. The van der Waals surface area contributed by atoms with Gasteiger partial charge in [0.05, 0.1) is 40.0 Å². The zero-order valence-electron chi connectivity index (χ0n) is 23.3. The van der Waals surface area contributed by atoms with E-state index in [2.05, 4.69) is 27.4 Å². The summed E-state index contributed by atoms with van der Waals surface area (Å²) in [6.45, 7) is 2.29. The number of carbonyl (C=O) groups excluding carboxylic acids is 1. The Kier molecular flexibility index (Phi) is 8.20. The van der Waals surface area contributed by atoms with Gasteiger partial charge in [0.1, 0.15) is 12.4 Å². The first-order chi connectivity index (χ1) is 21.0. The van der Waals surface area contributed by atoms with Crippen molar-refractivity contribution in [3.63, 3.8) is 0 Å². The molecule has 10 nitrogen and oxygen atoms in total. The van der Waals surface area contributed by atoms with Crippen molar-refractivity contribution in [2.24, 2.45) is 0 Å². The van der Waals surface area contributed by atoms with Crippen LogP contribution in [0.4, 0.5) is 5.13 Å². The Morgan fingerprint density at radius 1 is 1.02 bits per heavy atom. The zero-order valence-corrected chi connectivity index (χ0v) is 24.9. The molecule has 0 spiro atoms. The molecule has 43 heavy (non-hydrogen) atoms. The van der Waals surface area contributed by atoms with Gasteiger partial charge in [-0.15, -0.1) is 5.10 Å². The lowest BCUT2D eigenvalue weighted by molar-refractivity contribution is 0.102. The van der Waals surface area contributed by atoms with E-state index in [1.807, 2.05) is 54.7 Å². The molecule has 0 radical (unpaired) electrons. The molecule has 1 unspecified atom stereocenters. The van der Waals surface area contributed by atoms with E-state index < -0.39 is 16.9 Å². The van der Waals surface area contributed by atoms with Crippen LogP contribution in [0.3, 0.4) is 0 Å². The molecular weight excluding hydrogens is 585 g/mol. The normalized spacial score (nSPS) is 11.8. The van der Waals surface area contributed by atoms with Crippen LogP contribution in [-0.4, -0.2) is 41.4 Å². The number of hydrogen-bond acceptors (Lipinski definition) is 9. The van der Waals surface area contributed by atoms with Crippen molar-refractivity contribution in [1.82, 2.24) is 24.1 Å².